The van der Waals surface area contributed by atoms with Crippen LogP contribution in [0.5, 0.6) is 5.75 Å². The largest absolute Gasteiger partial charge is 0.465 e. The van der Waals surface area contributed by atoms with Gasteiger partial charge in [0.05, 0.1) is 5.25 Å². The first kappa shape index (κ1) is 18.9. The third-order valence-electron chi connectivity index (χ3n) is 4.66. The number of thioether (sulfide) groups is 1. The van der Waals surface area contributed by atoms with Crippen molar-refractivity contribution in [3.05, 3.63) is 64.7 Å². The van der Waals surface area contributed by atoms with Crippen molar-refractivity contribution in [3.8, 4) is 11.8 Å². The summed E-state index contributed by atoms with van der Waals surface area (Å²) in [5.41, 5.74) is 4.58. The summed E-state index contributed by atoms with van der Waals surface area (Å²) in [6.07, 6.45) is 0.955. The molecule has 0 bridgehead atoms. The van der Waals surface area contributed by atoms with E-state index in [1.54, 1.807) is 11.8 Å². The first-order chi connectivity index (χ1) is 12.3. The van der Waals surface area contributed by atoms with Crippen LogP contribution in [0.2, 0.25) is 0 Å². The number of hydrogen-bond donors (Lipinski definition) is 0. The van der Waals surface area contributed by atoms with Gasteiger partial charge in [0, 0.05) is 5.56 Å². The minimum Gasteiger partial charge on any atom is -0.465 e. The monoisotopic (exact) mass is 365 g/mol. The van der Waals surface area contributed by atoms with Gasteiger partial charge in [-0.05, 0) is 34.4 Å². The minimum atomic E-state index is -0.473. The summed E-state index contributed by atoms with van der Waals surface area (Å²) in [5.74, 6) is 1.45. The van der Waals surface area contributed by atoms with Gasteiger partial charge in [-0.1, -0.05) is 88.8 Å². The molecule has 2 aromatic rings. The summed E-state index contributed by atoms with van der Waals surface area (Å²) >= 11 is 1.59. The van der Waals surface area contributed by atoms with E-state index in [9.17, 15) is 5.26 Å². The van der Waals surface area contributed by atoms with E-state index in [1.165, 1.54) is 22.3 Å². The lowest BCUT2D eigenvalue weighted by Crippen LogP contribution is -2.23. The Balaban J connectivity index is 2.21. The summed E-state index contributed by atoms with van der Waals surface area (Å²) < 4.78 is 6.13. The molecular weight excluding hydrogens is 338 g/mol. The second-order valence-corrected chi connectivity index (χ2v) is 9.58. The number of hydrogen-bond acceptors (Lipinski definition) is 3. The lowest BCUT2D eigenvalue weighted by Gasteiger charge is -2.33. The van der Waals surface area contributed by atoms with Crippen molar-refractivity contribution in [2.45, 2.75) is 57.1 Å². The third kappa shape index (κ3) is 3.91. The molecule has 26 heavy (non-hydrogen) atoms. The second kappa shape index (κ2) is 7.37. The molecule has 2 aromatic carbocycles. The Labute approximate surface area is 161 Å². The SMILES string of the molecule is CC(C)Cc1cc(C(C)(C)C)cc2c1OC(C#N)SC2c1ccccc1. The zero-order chi connectivity index (χ0) is 18.9. The molecule has 0 spiro atoms. The molecule has 2 atom stereocenters. The molecule has 0 radical (unpaired) electrons. The lowest BCUT2D eigenvalue weighted by atomic mass is 9.82. The first-order valence-electron chi connectivity index (χ1n) is 9.23. The van der Waals surface area contributed by atoms with E-state index in [0.29, 0.717) is 5.92 Å². The van der Waals surface area contributed by atoms with Crippen molar-refractivity contribution in [1.82, 2.24) is 0 Å². The molecule has 1 heterocycles. The highest BCUT2D eigenvalue weighted by atomic mass is 32.2. The van der Waals surface area contributed by atoms with Crippen LogP contribution in [0.25, 0.3) is 0 Å². The van der Waals surface area contributed by atoms with Gasteiger partial charge in [0.1, 0.15) is 11.8 Å². The lowest BCUT2D eigenvalue weighted by molar-refractivity contribution is 0.322. The van der Waals surface area contributed by atoms with Crippen LogP contribution < -0.4 is 4.74 Å². The maximum absolute atomic E-state index is 9.54. The van der Waals surface area contributed by atoms with Crippen molar-refractivity contribution in [3.63, 3.8) is 0 Å². The highest BCUT2D eigenvalue weighted by Crippen LogP contribution is 2.50. The Kier molecular flexibility index (Phi) is 5.34. The molecule has 0 amide bonds. The van der Waals surface area contributed by atoms with E-state index in [2.05, 4.69) is 77.1 Å². The van der Waals surface area contributed by atoms with Gasteiger partial charge < -0.3 is 4.74 Å². The van der Waals surface area contributed by atoms with Crippen LogP contribution in [0.4, 0.5) is 0 Å². The number of rotatable bonds is 3. The maximum atomic E-state index is 9.54. The molecule has 0 aliphatic carbocycles. The molecule has 0 N–H and O–H groups in total. The van der Waals surface area contributed by atoms with Gasteiger partial charge in [0.2, 0.25) is 5.44 Å². The standard InChI is InChI=1S/C23H27NOS/c1-15(2)11-17-12-18(23(3,4)5)13-19-21(17)25-20(14-24)26-22(19)16-9-7-6-8-10-16/h6-10,12-13,15,20,22H,11H2,1-5H3. The summed E-state index contributed by atoms with van der Waals surface area (Å²) in [5, 5.41) is 9.67. The normalized spacial score (nSPS) is 19.6. The summed E-state index contributed by atoms with van der Waals surface area (Å²) in [6.45, 7) is 11.2. The van der Waals surface area contributed by atoms with Gasteiger partial charge in [0.25, 0.3) is 0 Å². The Bertz CT molecular complexity index is 815. The molecule has 0 saturated carbocycles. The van der Waals surface area contributed by atoms with Crippen LogP contribution in [0.3, 0.4) is 0 Å². The molecule has 2 unspecified atom stereocenters. The van der Waals surface area contributed by atoms with E-state index in [0.717, 1.165) is 12.2 Å². The van der Waals surface area contributed by atoms with Gasteiger partial charge in [-0.3, -0.25) is 0 Å². The van der Waals surface area contributed by atoms with E-state index in [-0.39, 0.29) is 10.7 Å². The maximum Gasteiger partial charge on any atom is 0.231 e. The molecule has 1 aliphatic heterocycles. The van der Waals surface area contributed by atoms with Crippen LogP contribution >= 0.6 is 11.8 Å². The quantitative estimate of drug-likeness (QED) is 0.645. The predicted octanol–water partition coefficient (Wildman–Crippen LogP) is 6.25. The minimum absolute atomic E-state index is 0.0682. The van der Waals surface area contributed by atoms with Gasteiger partial charge in [-0.2, -0.15) is 5.26 Å². The van der Waals surface area contributed by atoms with Crippen LogP contribution in [0.15, 0.2) is 42.5 Å². The van der Waals surface area contributed by atoms with Crippen LogP contribution in [-0.2, 0) is 11.8 Å². The van der Waals surface area contributed by atoms with Crippen molar-refractivity contribution in [1.29, 1.82) is 5.26 Å². The molecule has 0 saturated heterocycles. The van der Waals surface area contributed by atoms with Gasteiger partial charge >= 0.3 is 0 Å². The molecule has 3 heteroatoms. The molecule has 1 aliphatic rings. The zero-order valence-corrected chi connectivity index (χ0v) is 17.1. The molecule has 0 fully saturated rings. The molecular formula is C23H27NOS. The van der Waals surface area contributed by atoms with E-state index < -0.39 is 5.44 Å². The van der Waals surface area contributed by atoms with Crippen molar-refractivity contribution >= 4 is 11.8 Å². The van der Waals surface area contributed by atoms with Crippen molar-refractivity contribution < 1.29 is 4.74 Å². The number of fused-ring (bicyclic) bond motifs is 1. The Morgan fingerprint density at radius 1 is 1.15 bits per heavy atom. The Morgan fingerprint density at radius 2 is 1.85 bits per heavy atom. The fourth-order valence-corrected chi connectivity index (χ4v) is 4.45. The average molecular weight is 366 g/mol. The van der Waals surface area contributed by atoms with Crippen molar-refractivity contribution in [2.75, 3.05) is 0 Å². The smallest absolute Gasteiger partial charge is 0.231 e. The molecule has 2 nitrogen and oxygen atoms in total. The van der Waals surface area contributed by atoms with Crippen LogP contribution in [0, 0.1) is 17.2 Å². The Hall–Kier alpha value is -1.92. The summed E-state index contributed by atoms with van der Waals surface area (Å²) in [7, 11) is 0. The second-order valence-electron chi connectivity index (χ2n) is 8.41. The van der Waals surface area contributed by atoms with Gasteiger partial charge in [-0.15, -0.1) is 0 Å². The van der Waals surface area contributed by atoms with E-state index >= 15 is 0 Å². The van der Waals surface area contributed by atoms with Crippen molar-refractivity contribution in [2.24, 2.45) is 5.92 Å². The molecule has 3 rings (SSSR count). The third-order valence-corrected chi connectivity index (χ3v) is 5.91. The van der Waals surface area contributed by atoms with E-state index in [1.807, 2.05) is 6.07 Å². The Morgan fingerprint density at radius 3 is 2.42 bits per heavy atom. The molecule has 0 aromatic heterocycles. The average Bonchev–Trinajstić information content (AvgIpc) is 2.60. The fourth-order valence-electron chi connectivity index (χ4n) is 3.35. The van der Waals surface area contributed by atoms with Gasteiger partial charge in [0.15, 0.2) is 0 Å². The predicted molar refractivity (Wildman–Crippen MR) is 110 cm³/mol. The number of nitriles is 1. The number of ether oxygens (including phenoxy) is 1. The summed E-state index contributed by atoms with van der Waals surface area (Å²) in [6, 6.07) is 17.3. The number of nitrogens with zero attached hydrogens (tertiary/aromatic N) is 1. The first-order valence-corrected chi connectivity index (χ1v) is 10.2. The highest BCUT2D eigenvalue weighted by Gasteiger charge is 2.33. The topological polar surface area (TPSA) is 33.0 Å². The van der Waals surface area contributed by atoms with E-state index in [4.69, 9.17) is 4.74 Å². The van der Waals surface area contributed by atoms with Crippen LogP contribution in [-0.4, -0.2) is 5.44 Å². The fraction of sp³-hybridized carbons (Fsp3) is 0.435. The molecule has 136 valence electrons. The zero-order valence-electron chi connectivity index (χ0n) is 16.2. The highest BCUT2D eigenvalue weighted by molar-refractivity contribution is 8.00. The number of benzene rings is 2. The van der Waals surface area contributed by atoms with Crippen LogP contribution in [0.1, 0.15) is 62.1 Å². The summed E-state index contributed by atoms with van der Waals surface area (Å²) in [4.78, 5) is 0. The van der Waals surface area contributed by atoms with Gasteiger partial charge in [-0.25, -0.2) is 0 Å².